The van der Waals surface area contributed by atoms with Gasteiger partial charge in [-0.15, -0.1) is 0 Å². The summed E-state index contributed by atoms with van der Waals surface area (Å²) >= 11 is 2.24. The van der Waals surface area contributed by atoms with Crippen LogP contribution in [0.15, 0.2) is 54.7 Å². The van der Waals surface area contributed by atoms with E-state index in [-0.39, 0.29) is 17.4 Å². The molecule has 0 saturated heterocycles. The van der Waals surface area contributed by atoms with Gasteiger partial charge < -0.3 is 16.8 Å². The molecule has 28 heavy (non-hydrogen) atoms. The van der Waals surface area contributed by atoms with Gasteiger partial charge in [0.05, 0.1) is 11.9 Å². The van der Waals surface area contributed by atoms with E-state index in [1.54, 1.807) is 18.2 Å². The van der Waals surface area contributed by atoms with Crippen molar-refractivity contribution in [2.75, 3.05) is 5.73 Å². The predicted molar refractivity (Wildman–Crippen MR) is 115 cm³/mol. The van der Waals surface area contributed by atoms with Gasteiger partial charge in [0.1, 0.15) is 0 Å². The van der Waals surface area contributed by atoms with Crippen molar-refractivity contribution in [3.8, 4) is 0 Å². The number of nitrogens with one attached hydrogen (secondary N) is 1. The summed E-state index contributed by atoms with van der Waals surface area (Å²) in [5.41, 5.74) is 13.8. The first-order valence-electron chi connectivity index (χ1n) is 8.45. The largest absolute Gasteiger partial charge is 0.382 e. The fourth-order valence-corrected chi connectivity index (χ4v) is 2.98. The summed E-state index contributed by atoms with van der Waals surface area (Å²) in [7, 11) is 0. The first-order chi connectivity index (χ1) is 13.4. The van der Waals surface area contributed by atoms with Gasteiger partial charge in [-0.25, -0.2) is 9.97 Å². The van der Waals surface area contributed by atoms with Gasteiger partial charge in [-0.05, 0) is 58.0 Å². The van der Waals surface area contributed by atoms with E-state index < -0.39 is 5.91 Å². The highest BCUT2D eigenvalue weighted by atomic mass is 127. The number of primary amides is 1. The summed E-state index contributed by atoms with van der Waals surface area (Å²) in [6.07, 6.45) is 1.89. The van der Waals surface area contributed by atoms with Crippen LogP contribution in [-0.2, 0) is 13.0 Å². The monoisotopic (exact) mass is 487 g/mol. The second kappa shape index (κ2) is 8.79. The first kappa shape index (κ1) is 19.7. The zero-order valence-corrected chi connectivity index (χ0v) is 17.0. The zero-order chi connectivity index (χ0) is 20.1. The maximum absolute atomic E-state index is 12.5. The maximum Gasteiger partial charge on any atom is 0.271 e. The Bertz CT molecular complexity index is 1020. The normalized spacial score (nSPS) is 10.5. The molecule has 0 aliphatic heterocycles. The van der Waals surface area contributed by atoms with E-state index in [2.05, 4.69) is 37.9 Å². The molecule has 2 amide bonds. The minimum absolute atomic E-state index is 0.0000204. The van der Waals surface area contributed by atoms with Gasteiger partial charge in [-0.2, -0.15) is 0 Å². The summed E-state index contributed by atoms with van der Waals surface area (Å²) in [4.78, 5) is 31.9. The van der Waals surface area contributed by atoms with Crippen molar-refractivity contribution in [2.24, 2.45) is 5.73 Å². The number of nitrogen functional groups attached to an aromatic ring is 1. The van der Waals surface area contributed by atoms with Gasteiger partial charge in [0, 0.05) is 22.1 Å². The highest BCUT2D eigenvalue weighted by Crippen LogP contribution is 2.13. The molecule has 0 saturated carbocycles. The number of carbonyl (C=O) groups excluding carboxylic acids is 2. The minimum Gasteiger partial charge on any atom is -0.382 e. The van der Waals surface area contributed by atoms with Crippen LogP contribution >= 0.6 is 22.6 Å². The fraction of sp³-hybridized carbons (Fsp3) is 0.100. The Morgan fingerprint density at radius 1 is 1.07 bits per heavy atom. The lowest BCUT2D eigenvalue weighted by Gasteiger charge is -2.08. The maximum atomic E-state index is 12.5. The third-order valence-electron chi connectivity index (χ3n) is 4.02. The van der Waals surface area contributed by atoms with Crippen LogP contribution in [0.5, 0.6) is 0 Å². The lowest BCUT2D eigenvalue weighted by atomic mass is 10.1. The van der Waals surface area contributed by atoms with E-state index in [4.69, 9.17) is 11.5 Å². The summed E-state index contributed by atoms with van der Waals surface area (Å²) in [5.74, 6) is -0.892. The topological polar surface area (TPSA) is 124 Å². The molecule has 0 spiro atoms. The van der Waals surface area contributed by atoms with Crippen molar-refractivity contribution >= 4 is 40.2 Å². The second-order valence-corrected chi connectivity index (χ2v) is 7.39. The Kier molecular flexibility index (Phi) is 6.19. The second-order valence-electron chi connectivity index (χ2n) is 6.15. The highest BCUT2D eigenvalue weighted by molar-refractivity contribution is 14.1. The van der Waals surface area contributed by atoms with E-state index in [0.717, 1.165) is 14.7 Å². The van der Waals surface area contributed by atoms with Gasteiger partial charge in [0.15, 0.2) is 11.5 Å². The standard InChI is InChI=1S/C20H18IN5O2/c21-15-6-4-12(5-7-15)10-25-20(28)14-3-1-2-13(8-14)9-16-11-24-18(22)17(26-16)19(23)27/h1-8,11H,9-10H2,(H2,22,24)(H2,23,27)(H,25,28). The summed E-state index contributed by atoms with van der Waals surface area (Å²) < 4.78 is 1.14. The molecular formula is C20H18IN5O2. The molecule has 0 bridgehead atoms. The Morgan fingerprint density at radius 3 is 2.54 bits per heavy atom. The quantitative estimate of drug-likeness (QED) is 0.461. The third kappa shape index (κ3) is 5.03. The molecule has 0 fully saturated rings. The number of rotatable bonds is 6. The average Bonchev–Trinajstić information content (AvgIpc) is 2.69. The highest BCUT2D eigenvalue weighted by Gasteiger charge is 2.12. The van der Waals surface area contributed by atoms with Crippen molar-refractivity contribution < 1.29 is 9.59 Å². The molecule has 0 unspecified atom stereocenters. The fourth-order valence-electron chi connectivity index (χ4n) is 2.62. The van der Waals surface area contributed by atoms with Crippen LogP contribution in [-0.4, -0.2) is 21.8 Å². The van der Waals surface area contributed by atoms with Crippen molar-refractivity contribution in [2.45, 2.75) is 13.0 Å². The van der Waals surface area contributed by atoms with Crippen molar-refractivity contribution in [1.29, 1.82) is 0 Å². The van der Waals surface area contributed by atoms with E-state index in [1.165, 1.54) is 6.20 Å². The van der Waals surface area contributed by atoms with Crippen LogP contribution in [0.2, 0.25) is 0 Å². The van der Waals surface area contributed by atoms with Crippen LogP contribution < -0.4 is 16.8 Å². The molecule has 2 aromatic carbocycles. The number of nitrogens with zero attached hydrogens (tertiary/aromatic N) is 2. The molecule has 3 rings (SSSR count). The molecule has 0 aliphatic carbocycles. The Hall–Kier alpha value is -3.01. The Morgan fingerprint density at radius 2 is 1.82 bits per heavy atom. The molecule has 0 atom stereocenters. The van der Waals surface area contributed by atoms with E-state index in [9.17, 15) is 9.59 Å². The molecule has 0 aliphatic rings. The molecule has 5 N–H and O–H groups in total. The number of hydrogen-bond donors (Lipinski definition) is 3. The van der Waals surface area contributed by atoms with Gasteiger partial charge in [-0.1, -0.05) is 24.3 Å². The van der Waals surface area contributed by atoms with Crippen molar-refractivity contribution in [3.05, 3.63) is 86.4 Å². The van der Waals surface area contributed by atoms with Crippen molar-refractivity contribution in [1.82, 2.24) is 15.3 Å². The van der Waals surface area contributed by atoms with E-state index in [0.29, 0.717) is 24.2 Å². The van der Waals surface area contributed by atoms with Crippen LogP contribution in [0.3, 0.4) is 0 Å². The van der Waals surface area contributed by atoms with E-state index >= 15 is 0 Å². The molecular weight excluding hydrogens is 469 g/mol. The molecule has 8 heteroatoms. The molecule has 0 radical (unpaired) electrons. The number of amides is 2. The number of aromatic nitrogens is 2. The first-order valence-corrected chi connectivity index (χ1v) is 9.53. The van der Waals surface area contributed by atoms with Gasteiger partial charge in [-0.3, -0.25) is 9.59 Å². The molecule has 142 valence electrons. The SMILES string of the molecule is NC(=O)c1nc(Cc2cccc(C(=O)NCc3ccc(I)cc3)c2)cnc1N. The Labute approximate surface area is 175 Å². The van der Waals surface area contributed by atoms with Crippen LogP contribution in [0.1, 0.15) is 37.7 Å². The van der Waals surface area contributed by atoms with Crippen molar-refractivity contribution in [3.63, 3.8) is 0 Å². The van der Waals surface area contributed by atoms with Gasteiger partial charge in [0.2, 0.25) is 0 Å². The van der Waals surface area contributed by atoms with Crippen LogP contribution in [0.4, 0.5) is 5.82 Å². The third-order valence-corrected chi connectivity index (χ3v) is 4.74. The number of carbonyl (C=O) groups is 2. The summed E-state index contributed by atoms with van der Waals surface area (Å²) in [6.45, 7) is 0.450. The van der Waals surface area contributed by atoms with Crippen LogP contribution in [0.25, 0.3) is 0 Å². The number of hydrogen-bond acceptors (Lipinski definition) is 5. The molecule has 3 aromatic rings. The number of halogens is 1. The Balaban J connectivity index is 1.69. The van der Waals surface area contributed by atoms with Crippen LogP contribution in [0, 0.1) is 3.57 Å². The van der Waals surface area contributed by atoms with Gasteiger partial charge in [0.25, 0.3) is 11.8 Å². The predicted octanol–water partition coefficient (Wildman–Crippen LogP) is 2.28. The number of anilines is 1. The number of nitrogens with two attached hydrogens (primary N) is 2. The number of benzene rings is 2. The lowest BCUT2D eigenvalue weighted by molar-refractivity contribution is 0.0949. The lowest BCUT2D eigenvalue weighted by Crippen LogP contribution is -2.22. The molecule has 1 aromatic heterocycles. The minimum atomic E-state index is -0.726. The zero-order valence-electron chi connectivity index (χ0n) is 14.9. The summed E-state index contributed by atoms with van der Waals surface area (Å²) in [5, 5.41) is 2.91. The van der Waals surface area contributed by atoms with Gasteiger partial charge >= 0.3 is 0 Å². The smallest absolute Gasteiger partial charge is 0.271 e. The van der Waals surface area contributed by atoms with E-state index in [1.807, 2.05) is 30.3 Å². The molecule has 1 heterocycles. The molecule has 7 nitrogen and oxygen atoms in total. The summed E-state index contributed by atoms with van der Waals surface area (Å²) in [6, 6.07) is 15.2. The average molecular weight is 487 g/mol.